The van der Waals surface area contributed by atoms with Crippen LogP contribution in [0.5, 0.6) is 5.75 Å². The van der Waals surface area contributed by atoms with Gasteiger partial charge in [-0.3, -0.25) is 9.52 Å². The van der Waals surface area contributed by atoms with Gasteiger partial charge in [0.05, 0.1) is 13.5 Å². The van der Waals surface area contributed by atoms with Crippen LogP contribution in [0, 0.1) is 13.8 Å². The van der Waals surface area contributed by atoms with Crippen LogP contribution in [0.4, 0.5) is 11.4 Å². The number of aryl methyl sites for hydroxylation is 2. The zero-order chi connectivity index (χ0) is 18.4. The predicted octanol–water partition coefficient (Wildman–Crippen LogP) is 2.63. The molecule has 3 rings (SSSR count). The molecule has 1 amide bonds. The van der Waals surface area contributed by atoms with E-state index < -0.39 is 10.0 Å². The minimum Gasteiger partial charge on any atom is -0.495 e. The van der Waals surface area contributed by atoms with Gasteiger partial charge in [0.1, 0.15) is 10.6 Å². The Bertz CT molecular complexity index is 967. The van der Waals surface area contributed by atoms with E-state index in [9.17, 15) is 13.2 Å². The number of ether oxygens (including phenoxy) is 1. The summed E-state index contributed by atoms with van der Waals surface area (Å²) in [5.41, 5.74) is 3.84. The Morgan fingerprint density at radius 3 is 2.48 bits per heavy atom. The van der Waals surface area contributed by atoms with Crippen LogP contribution >= 0.6 is 0 Å². The minimum absolute atomic E-state index is 0.00849. The fourth-order valence-corrected chi connectivity index (χ4v) is 4.16. The van der Waals surface area contributed by atoms with Crippen molar-refractivity contribution in [3.63, 3.8) is 0 Å². The van der Waals surface area contributed by atoms with Crippen LogP contribution in [0.3, 0.4) is 0 Å². The smallest absolute Gasteiger partial charge is 0.265 e. The highest BCUT2D eigenvalue weighted by Gasteiger charge is 2.25. The summed E-state index contributed by atoms with van der Waals surface area (Å²) in [6, 6.07) is 8.40. The van der Waals surface area contributed by atoms with Gasteiger partial charge in [0.25, 0.3) is 10.0 Å². The van der Waals surface area contributed by atoms with E-state index in [1.165, 1.54) is 7.11 Å². The Balaban J connectivity index is 1.97. The number of anilines is 2. The topological polar surface area (TPSA) is 75.7 Å². The predicted molar refractivity (Wildman–Crippen MR) is 96.8 cm³/mol. The van der Waals surface area contributed by atoms with Gasteiger partial charge < -0.3 is 9.64 Å². The molecule has 7 heteroatoms. The Morgan fingerprint density at radius 2 is 1.80 bits per heavy atom. The van der Waals surface area contributed by atoms with Crippen LogP contribution in [0.15, 0.2) is 35.2 Å². The van der Waals surface area contributed by atoms with Gasteiger partial charge in [-0.15, -0.1) is 0 Å². The number of carbonyl (C=O) groups is 1. The molecule has 2 aromatic rings. The van der Waals surface area contributed by atoms with Crippen molar-refractivity contribution in [2.45, 2.75) is 25.2 Å². The van der Waals surface area contributed by atoms with Crippen molar-refractivity contribution in [2.75, 3.05) is 23.8 Å². The summed E-state index contributed by atoms with van der Waals surface area (Å²) in [7, 11) is -0.663. The van der Waals surface area contributed by atoms with Gasteiger partial charge in [0.15, 0.2) is 0 Å². The molecule has 0 atom stereocenters. The molecular weight excluding hydrogens is 340 g/mol. The summed E-state index contributed by atoms with van der Waals surface area (Å²) < 4.78 is 33.4. The average Bonchev–Trinajstić information content (AvgIpc) is 2.83. The van der Waals surface area contributed by atoms with Crippen LogP contribution in [0.1, 0.15) is 16.7 Å². The Kier molecular flexibility index (Phi) is 4.20. The molecule has 1 aliphatic heterocycles. The Hall–Kier alpha value is -2.54. The molecule has 0 radical (unpaired) electrons. The molecule has 0 fully saturated rings. The van der Waals surface area contributed by atoms with Gasteiger partial charge in [-0.2, -0.15) is 0 Å². The number of nitrogens with zero attached hydrogens (tertiary/aromatic N) is 1. The number of fused-ring (bicyclic) bond motifs is 1. The lowest BCUT2D eigenvalue weighted by atomic mass is 10.1. The quantitative estimate of drug-likeness (QED) is 0.909. The van der Waals surface area contributed by atoms with Crippen molar-refractivity contribution in [2.24, 2.45) is 0 Å². The first kappa shape index (κ1) is 17.3. The van der Waals surface area contributed by atoms with E-state index in [2.05, 4.69) is 4.72 Å². The van der Waals surface area contributed by atoms with E-state index in [0.29, 0.717) is 11.4 Å². The maximum absolute atomic E-state index is 12.8. The van der Waals surface area contributed by atoms with Crippen molar-refractivity contribution in [1.29, 1.82) is 0 Å². The summed E-state index contributed by atoms with van der Waals surface area (Å²) in [5, 5.41) is 0. The highest BCUT2D eigenvalue weighted by molar-refractivity contribution is 7.92. The Morgan fingerprint density at radius 1 is 1.12 bits per heavy atom. The standard InChI is InChI=1S/C18H20N2O4S/c1-11-7-16(24-4)17(8-12(11)2)25(22,23)19-14-5-6-15-13(9-14)10-18(21)20(15)3/h5-9,19H,10H2,1-4H3. The fraction of sp³-hybridized carbons (Fsp3) is 0.278. The number of hydrogen-bond acceptors (Lipinski definition) is 4. The number of rotatable bonds is 4. The molecule has 6 nitrogen and oxygen atoms in total. The number of likely N-dealkylation sites (N-methyl/N-ethyl adjacent to an activating group) is 1. The SMILES string of the molecule is COc1cc(C)c(C)cc1S(=O)(=O)Nc1ccc2c(c1)CC(=O)N2C. The zero-order valence-corrected chi connectivity index (χ0v) is 15.4. The minimum atomic E-state index is -3.81. The average molecular weight is 360 g/mol. The highest BCUT2D eigenvalue weighted by atomic mass is 32.2. The van der Waals surface area contributed by atoms with Crippen molar-refractivity contribution >= 4 is 27.3 Å². The van der Waals surface area contributed by atoms with E-state index in [-0.39, 0.29) is 17.2 Å². The molecule has 1 heterocycles. The number of methoxy groups -OCH3 is 1. The second-order valence-corrected chi connectivity index (χ2v) is 7.82. The molecule has 132 valence electrons. The molecule has 1 aliphatic rings. The zero-order valence-electron chi connectivity index (χ0n) is 14.6. The third-order valence-corrected chi connectivity index (χ3v) is 5.88. The Labute approximate surface area is 147 Å². The highest BCUT2D eigenvalue weighted by Crippen LogP contribution is 2.32. The second-order valence-electron chi connectivity index (χ2n) is 6.17. The largest absolute Gasteiger partial charge is 0.495 e. The number of hydrogen-bond donors (Lipinski definition) is 1. The van der Waals surface area contributed by atoms with Crippen LogP contribution in [-0.2, 0) is 21.2 Å². The van der Waals surface area contributed by atoms with E-state index in [1.54, 1.807) is 42.3 Å². The monoisotopic (exact) mass is 360 g/mol. The van der Waals surface area contributed by atoms with Crippen LogP contribution in [-0.4, -0.2) is 28.5 Å². The summed E-state index contributed by atoms with van der Waals surface area (Å²) in [4.78, 5) is 13.4. The van der Waals surface area contributed by atoms with Crippen LogP contribution in [0.25, 0.3) is 0 Å². The van der Waals surface area contributed by atoms with E-state index in [1.807, 2.05) is 13.8 Å². The maximum Gasteiger partial charge on any atom is 0.265 e. The summed E-state index contributed by atoms with van der Waals surface area (Å²) in [5.74, 6) is 0.289. The van der Waals surface area contributed by atoms with Crippen molar-refractivity contribution in [3.8, 4) is 5.75 Å². The third-order valence-electron chi connectivity index (χ3n) is 4.48. The van der Waals surface area contributed by atoms with Gasteiger partial charge >= 0.3 is 0 Å². The normalized spacial score (nSPS) is 13.8. The molecule has 0 aliphatic carbocycles. The molecule has 0 spiro atoms. The van der Waals surface area contributed by atoms with Crippen molar-refractivity contribution in [1.82, 2.24) is 0 Å². The fourth-order valence-electron chi connectivity index (χ4n) is 2.88. The first-order chi connectivity index (χ1) is 11.7. The first-order valence-corrected chi connectivity index (χ1v) is 9.29. The van der Waals surface area contributed by atoms with Gasteiger partial charge in [-0.25, -0.2) is 8.42 Å². The first-order valence-electron chi connectivity index (χ1n) is 7.80. The van der Waals surface area contributed by atoms with E-state index in [4.69, 9.17) is 4.74 Å². The van der Waals surface area contributed by atoms with Gasteiger partial charge in [-0.05, 0) is 60.9 Å². The number of carbonyl (C=O) groups excluding carboxylic acids is 1. The third kappa shape index (κ3) is 3.07. The number of nitrogens with one attached hydrogen (secondary N) is 1. The van der Waals surface area contributed by atoms with Crippen molar-refractivity contribution < 1.29 is 17.9 Å². The van der Waals surface area contributed by atoms with Crippen LogP contribution in [0.2, 0.25) is 0 Å². The molecule has 0 bridgehead atoms. The molecule has 25 heavy (non-hydrogen) atoms. The van der Waals surface area contributed by atoms with Crippen LogP contribution < -0.4 is 14.4 Å². The summed E-state index contributed by atoms with van der Waals surface area (Å²) in [6.07, 6.45) is 0.272. The molecule has 1 N–H and O–H groups in total. The summed E-state index contributed by atoms with van der Waals surface area (Å²) in [6.45, 7) is 3.75. The number of sulfonamides is 1. The lowest BCUT2D eigenvalue weighted by Gasteiger charge is -2.15. The van der Waals surface area contributed by atoms with E-state index >= 15 is 0 Å². The van der Waals surface area contributed by atoms with Gasteiger partial charge in [0, 0.05) is 18.4 Å². The van der Waals surface area contributed by atoms with Gasteiger partial charge in [0.2, 0.25) is 5.91 Å². The van der Waals surface area contributed by atoms with Crippen molar-refractivity contribution in [3.05, 3.63) is 47.0 Å². The number of benzene rings is 2. The lowest BCUT2D eigenvalue weighted by Crippen LogP contribution is -2.20. The molecule has 2 aromatic carbocycles. The van der Waals surface area contributed by atoms with E-state index in [0.717, 1.165) is 22.4 Å². The molecule has 0 saturated heterocycles. The summed E-state index contributed by atoms with van der Waals surface area (Å²) >= 11 is 0. The second kappa shape index (κ2) is 6.07. The molecular formula is C18H20N2O4S. The molecule has 0 aromatic heterocycles. The maximum atomic E-state index is 12.8. The molecule has 0 unspecified atom stereocenters. The molecule has 0 saturated carbocycles. The lowest BCUT2D eigenvalue weighted by molar-refractivity contribution is -0.117. The number of amides is 1. The van der Waals surface area contributed by atoms with Gasteiger partial charge in [-0.1, -0.05) is 0 Å².